The molecule has 0 radical (unpaired) electrons. The highest BCUT2D eigenvalue weighted by Crippen LogP contribution is 2.23. The van der Waals surface area contributed by atoms with Crippen LogP contribution in [0.5, 0.6) is 0 Å². The smallest absolute Gasteiger partial charge is 0.338 e. The van der Waals surface area contributed by atoms with Gasteiger partial charge in [0.15, 0.2) is 6.10 Å². The van der Waals surface area contributed by atoms with E-state index in [2.05, 4.69) is 5.32 Å². The maximum Gasteiger partial charge on any atom is 0.338 e. The van der Waals surface area contributed by atoms with Crippen LogP contribution in [-0.4, -0.2) is 36.5 Å². The van der Waals surface area contributed by atoms with E-state index in [1.807, 2.05) is 0 Å². The maximum atomic E-state index is 12.2. The topological polar surface area (TPSA) is 75.7 Å². The van der Waals surface area contributed by atoms with Crippen LogP contribution in [0.1, 0.15) is 43.0 Å². The van der Waals surface area contributed by atoms with Gasteiger partial charge in [0.2, 0.25) is 5.91 Å². The second-order valence-electron chi connectivity index (χ2n) is 6.03. The normalized spacial score (nSPS) is 18.7. The Labute approximate surface area is 134 Å². The summed E-state index contributed by atoms with van der Waals surface area (Å²) in [6.07, 6.45) is 2.50. The molecule has 0 bridgehead atoms. The molecule has 1 atom stereocenters. The van der Waals surface area contributed by atoms with Gasteiger partial charge in [0.1, 0.15) is 0 Å². The number of anilines is 1. The van der Waals surface area contributed by atoms with E-state index < -0.39 is 12.1 Å². The first-order chi connectivity index (χ1) is 11.0. The number of rotatable bonds is 5. The second kappa shape index (κ2) is 6.40. The van der Waals surface area contributed by atoms with Crippen molar-refractivity contribution in [2.75, 3.05) is 11.4 Å². The second-order valence-corrected chi connectivity index (χ2v) is 6.03. The average molecular weight is 316 g/mol. The number of nitrogens with zero attached hydrogens (tertiary/aromatic N) is 1. The van der Waals surface area contributed by atoms with Crippen molar-refractivity contribution in [3.63, 3.8) is 0 Å². The Kier molecular flexibility index (Phi) is 4.32. The molecule has 1 saturated carbocycles. The molecule has 122 valence electrons. The van der Waals surface area contributed by atoms with Crippen LogP contribution in [0, 0.1) is 0 Å². The van der Waals surface area contributed by atoms with Crippen molar-refractivity contribution in [3.8, 4) is 0 Å². The molecule has 1 aromatic rings. The predicted molar refractivity (Wildman–Crippen MR) is 84.1 cm³/mol. The average Bonchev–Trinajstić information content (AvgIpc) is 3.25. The van der Waals surface area contributed by atoms with Crippen molar-refractivity contribution in [2.45, 2.75) is 44.8 Å². The van der Waals surface area contributed by atoms with E-state index in [1.54, 1.807) is 36.1 Å². The third-order valence-corrected chi connectivity index (χ3v) is 4.04. The quantitative estimate of drug-likeness (QED) is 0.838. The van der Waals surface area contributed by atoms with Crippen LogP contribution < -0.4 is 10.2 Å². The number of esters is 1. The van der Waals surface area contributed by atoms with E-state index in [0.717, 1.165) is 19.3 Å². The molecule has 0 aromatic heterocycles. The molecule has 2 amide bonds. The zero-order chi connectivity index (χ0) is 16.4. The number of ether oxygens (including phenoxy) is 1. The van der Waals surface area contributed by atoms with E-state index in [1.165, 1.54) is 0 Å². The predicted octanol–water partition coefficient (Wildman–Crippen LogP) is 1.64. The van der Waals surface area contributed by atoms with Crippen LogP contribution in [0.4, 0.5) is 5.69 Å². The lowest BCUT2D eigenvalue weighted by atomic mass is 10.2. The van der Waals surface area contributed by atoms with E-state index in [4.69, 9.17) is 4.74 Å². The molecule has 1 saturated heterocycles. The number of amides is 2. The highest BCUT2D eigenvalue weighted by Gasteiger charge is 2.28. The minimum atomic E-state index is -0.833. The summed E-state index contributed by atoms with van der Waals surface area (Å²) in [5.41, 5.74) is 1.03. The Bertz CT molecular complexity index is 639. The Morgan fingerprint density at radius 2 is 2.13 bits per heavy atom. The minimum Gasteiger partial charge on any atom is -0.449 e. The summed E-state index contributed by atoms with van der Waals surface area (Å²) in [7, 11) is 0. The van der Waals surface area contributed by atoms with E-state index >= 15 is 0 Å². The number of nitrogens with one attached hydrogen (secondary N) is 1. The molecule has 0 unspecified atom stereocenters. The summed E-state index contributed by atoms with van der Waals surface area (Å²) in [5.74, 6) is -0.767. The number of hydrogen-bond acceptors (Lipinski definition) is 4. The van der Waals surface area contributed by atoms with Gasteiger partial charge in [0.25, 0.3) is 5.91 Å². The fourth-order valence-corrected chi connectivity index (χ4v) is 2.55. The number of carbonyl (C=O) groups is 3. The number of carbonyl (C=O) groups excluding carboxylic acids is 3. The van der Waals surface area contributed by atoms with Gasteiger partial charge in [0.05, 0.1) is 5.56 Å². The molecule has 3 rings (SSSR count). The van der Waals surface area contributed by atoms with Crippen LogP contribution in [0.3, 0.4) is 0 Å². The number of benzene rings is 1. The van der Waals surface area contributed by atoms with Crippen molar-refractivity contribution in [2.24, 2.45) is 0 Å². The molecule has 1 aliphatic heterocycles. The molecular weight excluding hydrogens is 296 g/mol. The summed E-state index contributed by atoms with van der Waals surface area (Å²) in [4.78, 5) is 37.5. The van der Waals surface area contributed by atoms with Crippen LogP contribution in [0.25, 0.3) is 0 Å². The van der Waals surface area contributed by atoms with Gasteiger partial charge in [-0.05, 0) is 44.4 Å². The third-order valence-electron chi connectivity index (χ3n) is 4.04. The summed E-state index contributed by atoms with van der Waals surface area (Å²) >= 11 is 0. The summed E-state index contributed by atoms with van der Waals surface area (Å²) in [6, 6.07) is 7.00. The number of hydrogen-bond donors (Lipinski definition) is 1. The van der Waals surface area contributed by atoms with Gasteiger partial charge in [0, 0.05) is 24.7 Å². The lowest BCUT2D eigenvalue weighted by Gasteiger charge is -2.17. The maximum absolute atomic E-state index is 12.2. The summed E-state index contributed by atoms with van der Waals surface area (Å²) < 4.78 is 5.22. The first kappa shape index (κ1) is 15.5. The van der Waals surface area contributed by atoms with Crippen LogP contribution >= 0.6 is 0 Å². The van der Waals surface area contributed by atoms with Gasteiger partial charge in [-0.2, -0.15) is 0 Å². The molecule has 1 aromatic carbocycles. The van der Waals surface area contributed by atoms with E-state index in [9.17, 15) is 14.4 Å². The van der Waals surface area contributed by atoms with Gasteiger partial charge in [-0.1, -0.05) is 6.07 Å². The van der Waals surface area contributed by atoms with Crippen molar-refractivity contribution < 1.29 is 19.1 Å². The van der Waals surface area contributed by atoms with Gasteiger partial charge >= 0.3 is 5.97 Å². The molecule has 2 aliphatic rings. The largest absolute Gasteiger partial charge is 0.449 e. The molecule has 1 heterocycles. The van der Waals surface area contributed by atoms with Crippen molar-refractivity contribution in [1.82, 2.24) is 5.32 Å². The van der Waals surface area contributed by atoms with Gasteiger partial charge in [-0.25, -0.2) is 4.79 Å². The van der Waals surface area contributed by atoms with Crippen molar-refractivity contribution in [3.05, 3.63) is 29.8 Å². The van der Waals surface area contributed by atoms with Crippen molar-refractivity contribution >= 4 is 23.5 Å². The molecular formula is C17H20N2O4. The molecule has 6 heteroatoms. The zero-order valence-electron chi connectivity index (χ0n) is 13.1. The molecule has 23 heavy (non-hydrogen) atoms. The Hall–Kier alpha value is -2.37. The first-order valence-electron chi connectivity index (χ1n) is 7.96. The standard InChI is InChI=1S/C17H20N2O4/c1-11(16(21)18-13-7-8-13)23-17(22)12-4-2-5-14(10-12)19-9-3-6-15(19)20/h2,4-5,10-11,13H,3,6-9H2,1H3,(H,18,21)/t11-/m0/s1. The SMILES string of the molecule is C[C@H](OC(=O)c1cccc(N2CCCC2=O)c1)C(=O)NC1CC1. The highest BCUT2D eigenvalue weighted by molar-refractivity contribution is 5.98. The Balaban J connectivity index is 1.64. The summed E-state index contributed by atoms with van der Waals surface area (Å²) in [6.45, 7) is 2.22. The lowest BCUT2D eigenvalue weighted by Crippen LogP contribution is -2.37. The van der Waals surface area contributed by atoms with Gasteiger partial charge in [-0.3, -0.25) is 9.59 Å². The van der Waals surface area contributed by atoms with E-state index in [0.29, 0.717) is 24.2 Å². The molecule has 1 aliphatic carbocycles. The van der Waals surface area contributed by atoms with Crippen LogP contribution in [-0.2, 0) is 14.3 Å². The van der Waals surface area contributed by atoms with E-state index in [-0.39, 0.29) is 17.9 Å². The lowest BCUT2D eigenvalue weighted by molar-refractivity contribution is -0.129. The fraction of sp³-hybridized carbons (Fsp3) is 0.471. The van der Waals surface area contributed by atoms with Crippen molar-refractivity contribution in [1.29, 1.82) is 0 Å². The highest BCUT2D eigenvalue weighted by atomic mass is 16.5. The molecule has 1 N–H and O–H groups in total. The van der Waals surface area contributed by atoms with Gasteiger partial charge < -0.3 is 15.0 Å². The zero-order valence-corrected chi connectivity index (χ0v) is 13.1. The molecule has 0 spiro atoms. The van der Waals surface area contributed by atoms with Gasteiger partial charge in [-0.15, -0.1) is 0 Å². The summed E-state index contributed by atoms with van der Waals surface area (Å²) in [5, 5.41) is 2.80. The first-order valence-corrected chi connectivity index (χ1v) is 7.96. The Morgan fingerprint density at radius 3 is 2.78 bits per heavy atom. The third kappa shape index (κ3) is 3.70. The monoisotopic (exact) mass is 316 g/mol. The molecule has 6 nitrogen and oxygen atoms in total. The van der Waals surface area contributed by atoms with Crippen LogP contribution in [0.15, 0.2) is 24.3 Å². The minimum absolute atomic E-state index is 0.0627. The Morgan fingerprint density at radius 1 is 1.35 bits per heavy atom. The molecule has 2 fully saturated rings. The fourth-order valence-electron chi connectivity index (χ4n) is 2.55. The van der Waals surface area contributed by atoms with Crippen LogP contribution in [0.2, 0.25) is 0 Å².